The standard InChI is InChI=1S/C8H7F5N2OS/c9-7(10)16-5-1-4(15-14)2-6(3-5)17-8(11,12)13/h1-3,7,15H,14H2. The van der Waals surface area contributed by atoms with Crippen LogP contribution in [0.4, 0.5) is 27.6 Å². The Morgan fingerprint density at radius 2 is 1.88 bits per heavy atom. The van der Waals surface area contributed by atoms with Crippen LogP contribution in [0, 0.1) is 0 Å². The Balaban J connectivity index is 2.97. The van der Waals surface area contributed by atoms with Gasteiger partial charge in [0.05, 0.1) is 5.69 Å². The molecular weight excluding hydrogens is 267 g/mol. The smallest absolute Gasteiger partial charge is 0.435 e. The Morgan fingerprint density at radius 3 is 2.35 bits per heavy atom. The first-order valence-electron chi connectivity index (χ1n) is 4.12. The largest absolute Gasteiger partial charge is 0.446 e. The minimum absolute atomic E-state index is 0.0369. The number of alkyl halides is 5. The molecule has 17 heavy (non-hydrogen) atoms. The highest BCUT2D eigenvalue weighted by Crippen LogP contribution is 2.39. The van der Waals surface area contributed by atoms with Crippen LogP contribution in [0.3, 0.4) is 0 Å². The van der Waals surface area contributed by atoms with Gasteiger partial charge in [-0.1, -0.05) is 0 Å². The van der Waals surface area contributed by atoms with Gasteiger partial charge in [-0.2, -0.15) is 22.0 Å². The van der Waals surface area contributed by atoms with Gasteiger partial charge >= 0.3 is 12.1 Å². The minimum atomic E-state index is -4.52. The zero-order valence-corrected chi connectivity index (χ0v) is 8.91. The zero-order chi connectivity index (χ0) is 13.1. The number of thioether (sulfide) groups is 1. The molecule has 0 bridgehead atoms. The predicted octanol–water partition coefficient (Wildman–Crippen LogP) is 3.19. The topological polar surface area (TPSA) is 47.3 Å². The summed E-state index contributed by atoms with van der Waals surface area (Å²) in [5, 5.41) is 0. The molecule has 1 aromatic carbocycles. The van der Waals surface area contributed by atoms with Crippen molar-refractivity contribution in [2.75, 3.05) is 5.43 Å². The Labute approximate surface area is 97.1 Å². The Hall–Kier alpha value is -1.22. The SMILES string of the molecule is NNc1cc(OC(F)F)cc(SC(F)(F)F)c1. The summed E-state index contributed by atoms with van der Waals surface area (Å²) in [5.41, 5.74) is -2.42. The molecule has 0 unspecified atom stereocenters. The molecule has 0 heterocycles. The highest BCUT2D eigenvalue weighted by Gasteiger charge is 2.29. The molecule has 0 radical (unpaired) electrons. The molecule has 3 N–H and O–H groups in total. The highest BCUT2D eigenvalue weighted by atomic mass is 32.2. The number of nitrogens with one attached hydrogen (secondary N) is 1. The fourth-order valence-electron chi connectivity index (χ4n) is 1.02. The fraction of sp³-hybridized carbons (Fsp3) is 0.250. The maximum Gasteiger partial charge on any atom is 0.446 e. The summed E-state index contributed by atoms with van der Waals surface area (Å²) in [6.45, 7) is -3.12. The van der Waals surface area contributed by atoms with E-state index in [9.17, 15) is 22.0 Å². The molecule has 9 heteroatoms. The molecule has 0 aromatic heterocycles. The minimum Gasteiger partial charge on any atom is -0.435 e. The lowest BCUT2D eigenvalue weighted by molar-refractivity contribution is -0.0499. The van der Waals surface area contributed by atoms with E-state index in [1.54, 1.807) is 0 Å². The molecule has 1 rings (SSSR count). The average Bonchev–Trinajstić information content (AvgIpc) is 2.13. The van der Waals surface area contributed by atoms with Crippen molar-refractivity contribution in [3.63, 3.8) is 0 Å². The van der Waals surface area contributed by atoms with E-state index < -0.39 is 29.6 Å². The molecule has 0 amide bonds. The van der Waals surface area contributed by atoms with Gasteiger partial charge in [0.25, 0.3) is 0 Å². The van der Waals surface area contributed by atoms with E-state index in [-0.39, 0.29) is 10.6 Å². The van der Waals surface area contributed by atoms with E-state index in [1.165, 1.54) is 0 Å². The second kappa shape index (κ2) is 5.41. The van der Waals surface area contributed by atoms with E-state index in [1.807, 2.05) is 0 Å². The van der Waals surface area contributed by atoms with Gasteiger partial charge in [-0.05, 0) is 23.9 Å². The number of rotatable bonds is 4. The van der Waals surface area contributed by atoms with Gasteiger partial charge in [-0.15, -0.1) is 0 Å². The van der Waals surface area contributed by atoms with Crippen molar-refractivity contribution in [3.05, 3.63) is 18.2 Å². The highest BCUT2D eigenvalue weighted by molar-refractivity contribution is 8.00. The van der Waals surface area contributed by atoms with Gasteiger partial charge < -0.3 is 10.2 Å². The first-order chi connectivity index (χ1) is 7.80. The lowest BCUT2D eigenvalue weighted by Gasteiger charge is -2.11. The molecular formula is C8H7F5N2OS. The molecule has 96 valence electrons. The summed E-state index contributed by atoms with van der Waals surface area (Å²) in [5.74, 6) is 4.60. The second-order valence-electron chi connectivity index (χ2n) is 2.76. The number of ether oxygens (including phenoxy) is 1. The van der Waals surface area contributed by atoms with Crippen molar-refractivity contribution < 1.29 is 26.7 Å². The van der Waals surface area contributed by atoms with Gasteiger partial charge in [-0.3, -0.25) is 5.84 Å². The van der Waals surface area contributed by atoms with Gasteiger partial charge in [0, 0.05) is 11.0 Å². The molecule has 0 aliphatic rings. The molecule has 0 atom stereocenters. The normalized spacial score (nSPS) is 11.7. The summed E-state index contributed by atoms with van der Waals surface area (Å²) < 4.78 is 64.1. The number of benzene rings is 1. The van der Waals surface area contributed by atoms with Crippen molar-refractivity contribution in [1.82, 2.24) is 0 Å². The third kappa shape index (κ3) is 5.09. The van der Waals surface area contributed by atoms with Crippen molar-refractivity contribution in [1.29, 1.82) is 0 Å². The molecule has 0 saturated carbocycles. The summed E-state index contributed by atoms with van der Waals surface area (Å²) in [6.07, 6.45) is 0. The number of halogens is 5. The average molecular weight is 274 g/mol. The van der Waals surface area contributed by atoms with E-state index in [0.29, 0.717) is 0 Å². The number of anilines is 1. The van der Waals surface area contributed by atoms with Gasteiger partial charge in [-0.25, -0.2) is 0 Å². The van der Waals surface area contributed by atoms with Gasteiger partial charge in [0.2, 0.25) is 0 Å². The van der Waals surface area contributed by atoms with Crippen LogP contribution in [0.1, 0.15) is 0 Å². The van der Waals surface area contributed by atoms with Crippen LogP contribution in [0.5, 0.6) is 5.75 Å². The number of nitrogen functional groups attached to an aromatic ring is 1. The van der Waals surface area contributed by atoms with Crippen molar-refractivity contribution in [2.45, 2.75) is 17.0 Å². The quantitative estimate of drug-likeness (QED) is 0.383. The summed E-state index contributed by atoms with van der Waals surface area (Å²) in [4.78, 5) is -0.302. The molecule has 3 nitrogen and oxygen atoms in total. The monoisotopic (exact) mass is 274 g/mol. The van der Waals surface area contributed by atoms with E-state index >= 15 is 0 Å². The predicted molar refractivity (Wildman–Crippen MR) is 52.8 cm³/mol. The summed E-state index contributed by atoms with van der Waals surface area (Å²) in [7, 11) is 0. The number of hydrogen-bond donors (Lipinski definition) is 2. The summed E-state index contributed by atoms with van der Waals surface area (Å²) >= 11 is -0.449. The molecule has 0 aliphatic carbocycles. The lowest BCUT2D eigenvalue weighted by Crippen LogP contribution is -2.08. The van der Waals surface area contributed by atoms with Crippen LogP contribution in [0.25, 0.3) is 0 Å². The number of hydrogen-bond acceptors (Lipinski definition) is 4. The molecule has 0 saturated heterocycles. The van der Waals surface area contributed by atoms with E-state index in [4.69, 9.17) is 5.84 Å². The van der Waals surface area contributed by atoms with Gasteiger partial charge in [0.15, 0.2) is 0 Å². The molecule has 0 aliphatic heterocycles. The van der Waals surface area contributed by atoms with Crippen LogP contribution < -0.4 is 16.0 Å². The fourth-order valence-corrected chi connectivity index (χ4v) is 1.65. The first kappa shape index (κ1) is 13.8. The van der Waals surface area contributed by atoms with E-state index in [0.717, 1.165) is 18.2 Å². The molecule has 0 spiro atoms. The van der Waals surface area contributed by atoms with Gasteiger partial charge in [0.1, 0.15) is 5.75 Å². The van der Waals surface area contributed by atoms with Crippen LogP contribution in [0.15, 0.2) is 23.1 Å². The van der Waals surface area contributed by atoms with Crippen LogP contribution >= 0.6 is 11.8 Å². The van der Waals surface area contributed by atoms with Crippen molar-refractivity contribution >= 4 is 17.4 Å². The maximum atomic E-state index is 12.1. The first-order valence-corrected chi connectivity index (χ1v) is 4.94. The number of nitrogens with two attached hydrogens (primary N) is 1. The molecule has 1 aromatic rings. The third-order valence-electron chi connectivity index (χ3n) is 1.51. The van der Waals surface area contributed by atoms with Crippen LogP contribution in [0.2, 0.25) is 0 Å². The number of hydrazine groups is 1. The Bertz CT molecular complexity index is 385. The van der Waals surface area contributed by atoms with E-state index in [2.05, 4.69) is 10.2 Å². The zero-order valence-electron chi connectivity index (χ0n) is 8.09. The van der Waals surface area contributed by atoms with Crippen molar-refractivity contribution in [2.24, 2.45) is 5.84 Å². The maximum absolute atomic E-state index is 12.1. The summed E-state index contributed by atoms with van der Waals surface area (Å²) in [6, 6.07) is 2.98. The Kier molecular flexibility index (Phi) is 4.40. The lowest BCUT2D eigenvalue weighted by atomic mass is 10.3. The third-order valence-corrected chi connectivity index (χ3v) is 2.21. The van der Waals surface area contributed by atoms with Crippen LogP contribution in [-0.4, -0.2) is 12.1 Å². The van der Waals surface area contributed by atoms with Crippen molar-refractivity contribution in [3.8, 4) is 5.75 Å². The molecule has 0 fully saturated rings. The van der Waals surface area contributed by atoms with Crippen LogP contribution in [-0.2, 0) is 0 Å². The Morgan fingerprint density at radius 1 is 1.24 bits per heavy atom. The second-order valence-corrected chi connectivity index (χ2v) is 3.90.